The Balaban J connectivity index is 1.95. The summed E-state index contributed by atoms with van der Waals surface area (Å²) in [4.78, 5) is 11.9. The Morgan fingerprint density at radius 1 is 1.33 bits per heavy atom. The fraction of sp³-hybridized carbons (Fsp3) is 0.312. The number of hydrogen-bond acceptors (Lipinski definition) is 3. The van der Waals surface area contributed by atoms with E-state index in [0.717, 1.165) is 16.8 Å². The van der Waals surface area contributed by atoms with Crippen LogP contribution in [0.4, 0.5) is 10.5 Å². The first-order valence-electron chi connectivity index (χ1n) is 6.77. The van der Waals surface area contributed by atoms with Gasteiger partial charge in [0, 0.05) is 5.69 Å². The molecular weight excluding hydrogens is 268 g/mol. The molecule has 0 saturated heterocycles. The van der Waals surface area contributed by atoms with Crippen LogP contribution in [-0.2, 0) is 5.60 Å². The maximum atomic E-state index is 11.9. The van der Waals surface area contributed by atoms with Gasteiger partial charge in [-0.25, -0.2) is 4.79 Å². The summed E-state index contributed by atoms with van der Waals surface area (Å²) >= 11 is 0. The highest BCUT2D eigenvalue weighted by molar-refractivity contribution is 5.90. The molecular formula is C16H20N2O3. The number of benzene rings is 1. The first-order valence-corrected chi connectivity index (χ1v) is 6.77. The molecule has 5 nitrogen and oxygen atoms in total. The number of carbonyl (C=O) groups excluding carboxylic acids is 1. The first kappa shape index (κ1) is 15.1. The normalized spacial score (nSPS) is 13.5. The third-order valence-electron chi connectivity index (χ3n) is 3.29. The van der Waals surface area contributed by atoms with E-state index >= 15 is 0 Å². The fourth-order valence-corrected chi connectivity index (χ4v) is 1.96. The van der Waals surface area contributed by atoms with E-state index in [2.05, 4.69) is 10.6 Å². The summed E-state index contributed by atoms with van der Waals surface area (Å²) in [5.41, 5.74) is 1.56. The van der Waals surface area contributed by atoms with Crippen molar-refractivity contribution in [1.82, 2.24) is 5.32 Å². The van der Waals surface area contributed by atoms with Crippen LogP contribution in [-0.4, -0.2) is 17.7 Å². The van der Waals surface area contributed by atoms with Gasteiger partial charge in [0.2, 0.25) is 0 Å². The van der Waals surface area contributed by atoms with Gasteiger partial charge in [0.1, 0.15) is 11.4 Å². The van der Waals surface area contributed by atoms with E-state index in [0.29, 0.717) is 5.76 Å². The molecule has 0 fully saturated rings. The molecule has 1 unspecified atom stereocenters. The summed E-state index contributed by atoms with van der Waals surface area (Å²) in [7, 11) is 0. The van der Waals surface area contributed by atoms with E-state index in [9.17, 15) is 9.90 Å². The number of rotatable bonds is 4. The van der Waals surface area contributed by atoms with Crippen molar-refractivity contribution in [3.63, 3.8) is 0 Å². The van der Waals surface area contributed by atoms with Crippen molar-refractivity contribution in [2.45, 2.75) is 26.4 Å². The van der Waals surface area contributed by atoms with Crippen LogP contribution >= 0.6 is 0 Å². The Morgan fingerprint density at radius 2 is 2.10 bits per heavy atom. The van der Waals surface area contributed by atoms with Gasteiger partial charge in [0.25, 0.3) is 0 Å². The number of carbonyl (C=O) groups is 1. The first-order chi connectivity index (χ1) is 9.88. The predicted octanol–water partition coefficient (Wildman–Crippen LogP) is 2.93. The Hall–Kier alpha value is -2.27. The lowest BCUT2D eigenvalue weighted by atomic mass is 10.0. The van der Waals surface area contributed by atoms with Gasteiger partial charge in [0.15, 0.2) is 0 Å². The second kappa shape index (κ2) is 6.01. The number of amides is 2. The monoisotopic (exact) mass is 288 g/mol. The van der Waals surface area contributed by atoms with Crippen molar-refractivity contribution in [3.8, 4) is 0 Å². The van der Waals surface area contributed by atoms with Crippen LogP contribution < -0.4 is 10.6 Å². The number of nitrogens with one attached hydrogen (secondary N) is 2. The molecule has 0 aliphatic carbocycles. The van der Waals surface area contributed by atoms with Gasteiger partial charge >= 0.3 is 6.03 Å². The SMILES string of the molecule is Cc1ccc(C)c(NC(=O)NCC(C)(O)c2ccco2)c1. The summed E-state index contributed by atoms with van der Waals surface area (Å²) in [6.45, 7) is 5.53. The highest BCUT2D eigenvalue weighted by Gasteiger charge is 2.26. The molecule has 21 heavy (non-hydrogen) atoms. The second-order valence-corrected chi connectivity index (χ2v) is 5.38. The largest absolute Gasteiger partial charge is 0.466 e. The van der Waals surface area contributed by atoms with Crippen LogP contribution in [0, 0.1) is 13.8 Å². The van der Waals surface area contributed by atoms with Crippen LogP contribution in [0.25, 0.3) is 0 Å². The van der Waals surface area contributed by atoms with Crippen LogP contribution in [0.3, 0.4) is 0 Å². The number of hydrogen-bond donors (Lipinski definition) is 3. The molecule has 2 amide bonds. The summed E-state index contributed by atoms with van der Waals surface area (Å²) < 4.78 is 5.16. The lowest BCUT2D eigenvalue weighted by molar-refractivity contribution is 0.0372. The van der Waals surface area contributed by atoms with E-state index < -0.39 is 5.60 Å². The molecule has 0 aliphatic heterocycles. The zero-order valence-electron chi connectivity index (χ0n) is 12.4. The lowest BCUT2D eigenvalue weighted by Gasteiger charge is -2.21. The zero-order valence-corrected chi connectivity index (χ0v) is 12.4. The summed E-state index contributed by atoms with van der Waals surface area (Å²) in [5.74, 6) is 0.412. The van der Waals surface area contributed by atoms with Crippen molar-refractivity contribution in [3.05, 3.63) is 53.5 Å². The molecule has 3 N–H and O–H groups in total. The minimum absolute atomic E-state index is 0.0528. The van der Waals surface area contributed by atoms with Gasteiger partial charge < -0.3 is 20.2 Å². The van der Waals surface area contributed by atoms with Gasteiger partial charge in [0.05, 0.1) is 12.8 Å². The van der Waals surface area contributed by atoms with Gasteiger partial charge in [-0.3, -0.25) is 0 Å². The molecule has 2 aromatic rings. The molecule has 5 heteroatoms. The summed E-state index contributed by atoms with van der Waals surface area (Å²) in [6.07, 6.45) is 1.49. The standard InChI is InChI=1S/C16H20N2O3/c1-11-6-7-12(2)13(9-11)18-15(19)17-10-16(3,20)14-5-4-8-21-14/h4-9,20H,10H2,1-3H3,(H2,17,18,19). The number of aliphatic hydroxyl groups is 1. The fourth-order valence-electron chi connectivity index (χ4n) is 1.96. The topological polar surface area (TPSA) is 74.5 Å². The maximum Gasteiger partial charge on any atom is 0.319 e. The Kier molecular flexibility index (Phi) is 4.33. The van der Waals surface area contributed by atoms with Crippen LogP contribution in [0.15, 0.2) is 41.0 Å². The summed E-state index contributed by atoms with van der Waals surface area (Å²) in [5, 5.41) is 15.7. The molecule has 0 saturated carbocycles. The van der Waals surface area contributed by atoms with Crippen molar-refractivity contribution < 1.29 is 14.3 Å². The average molecular weight is 288 g/mol. The van der Waals surface area contributed by atoms with Crippen LogP contribution in [0.2, 0.25) is 0 Å². The van der Waals surface area contributed by atoms with Gasteiger partial charge in [-0.05, 0) is 50.1 Å². The molecule has 112 valence electrons. The number of urea groups is 1. The summed E-state index contributed by atoms with van der Waals surface area (Å²) in [6, 6.07) is 8.84. The Morgan fingerprint density at radius 3 is 2.76 bits per heavy atom. The van der Waals surface area contributed by atoms with Crippen LogP contribution in [0.5, 0.6) is 0 Å². The van der Waals surface area contributed by atoms with E-state index in [4.69, 9.17) is 4.42 Å². The molecule has 0 spiro atoms. The zero-order chi connectivity index (χ0) is 15.5. The predicted molar refractivity (Wildman–Crippen MR) is 81.2 cm³/mol. The molecule has 1 aromatic heterocycles. The van der Waals surface area contributed by atoms with Gasteiger partial charge in [-0.1, -0.05) is 12.1 Å². The average Bonchev–Trinajstić information content (AvgIpc) is 2.96. The van der Waals surface area contributed by atoms with Crippen LogP contribution in [0.1, 0.15) is 23.8 Å². The molecule has 1 heterocycles. The maximum absolute atomic E-state index is 11.9. The molecule has 1 aromatic carbocycles. The molecule has 0 radical (unpaired) electrons. The van der Waals surface area contributed by atoms with E-state index in [1.54, 1.807) is 19.1 Å². The highest BCUT2D eigenvalue weighted by Crippen LogP contribution is 2.20. The minimum atomic E-state index is -1.25. The third-order valence-corrected chi connectivity index (χ3v) is 3.29. The quantitative estimate of drug-likeness (QED) is 0.809. The van der Waals surface area contributed by atoms with Crippen molar-refractivity contribution in [2.75, 3.05) is 11.9 Å². The number of furan rings is 1. The van der Waals surface area contributed by atoms with E-state index in [1.807, 2.05) is 32.0 Å². The molecule has 1 atom stereocenters. The molecule has 0 bridgehead atoms. The second-order valence-electron chi connectivity index (χ2n) is 5.38. The number of anilines is 1. The van der Waals surface area contributed by atoms with Crippen molar-refractivity contribution in [2.24, 2.45) is 0 Å². The Labute approximate surface area is 124 Å². The van der Waals surface area contributed by atoms with E-state index in [1.165, 1.54) is 6.26 Å². The van der Waals surface area contributed by atoms with Gasteiger partial charge in [-0.15, -0.1) is 0 Å². The van der Waals surface area contributed by atoms with Crippen molar-refractivity contribution >= 4 is 11.7 Å². The minimum Gasteiger partial charge on any atom is -0.466 e. The van der Waals surface area contributed by atoms with Crippen molar-refractivity contribution in [1.29, 1.82) is 0 Å². The Bertz CT molecular complexity index is 618. The van der Waals surface area contributed by atoms with Gasteiger partial charge in [-0.2, -0.15) is 0 Å². The lowest BCUT2D eigenvalue weighted by Crippen LogP contribution is -2.40. The highest BCUT2D eigenvalue weighted by atomic mass is 16.4. The third kappa shape index (κ3) is 3.86. The smallest absolute Gasteiger partial charge is 0.319 e. The molecule has 0 aliphatic rings. The van der Waals surface area contributed by atoms with E-state index in [-0.39, 0.29) is 12.6 Å². The number of aryl methyl sites for hydroxylation is 2. The molecule has 2 rings (SSSR count).